The van der Waals surface area contributed by atoms with E-state index in [1.165, 1.54) is 16.0 Å². The predicted molar refractivity (Wildman–Crippen MR) is 242 cm³/mol. The number of benzene rings is 2. The number of rotatable bonds is 14. The minimum absolute atomic E-state index is 0.0336. The van der Waals surface area contributed by atoms with Gasteiger partial charge in [-0.05, 0) is 119 Å². The van der Waals surface area contributed by atoms with Gasteiger partial charge in [0.15, 0.2) is 6.04 Å². The lowest BCUT2D eigenvalue weighted by Gasteiger charge is -2.38. The highest BCUT2D eigenvalue weighted by Crippen LogP contribution is 2.35. The predicted octanol–water partition coefficient (Wildman–Crippen LogP) is 7.39. The summed E-state index contributed by atoms with van der Waals surface area (Å²) in [4.78, 5) is 76.2. The number of carbonyl (C=O) groups is 5. The molecule has 356 valence electrons. The summed E-state index contributed by atoms with van der Waals surface area (Å²) in [5, 5.41) is 2.56. The van der Waals surface area contributed by atoms with Crippen molar-refractivity contribution in [2.75, 3.05) is 31.1 Å². The van der Waals surface area contributed by atoms with Crippen molar-refractivity contribution in [1.82, 2.24) is 19.5 Å². The fraction of sp³-hybridized carbons (Fsp3) is 0.532. The molecule has 4 rings (SSSR count). The second-order valence-corrected chi connectivity index (χ2v) is 21.2. The van der Waals surface area contributed by atoms with Gasteiger partial charge < -0.3 is 29.0 Å². The molecule has 1 saturated heterocycles. The average Bonchev–Trinajstić information content (AvgIpc) is 3.50. The van der Waals surface area contributed by atoms with E-state index in [1.54, 1.807) is 120 Å². The number of aromatic nitrogens is 1. The molecule has 0 radical (unpaired) electrons. The van der Waals surface area contributed by atoms with Crippen LogP contribution in [-0.4, -0.2) is 113 Å². The number of hydrogen-bond acceptors (Lipinski definition) is 13. The molecule has 0 saturated carbocycles. The van der Waals surface area contributed by atoms with Crippen molar-refractivity contribution in [3.63, 3.8) is 0 Å². The summed E-state index contributed by atoms with van der Waals surface area (Å²) < 4.78 is 58.4. The van der Waals surface area contributed by atoms with Gasteiger partial charge in [0.2, 0.25) is 5.91 Å². The van der Waals surface area contributed by atoms with Crippen LogP contribution in [0.4, 0.5) is 20.2 Å². The molecule has 1 aliphatic heterocycles. The van der Waals surface area contributed by atoms with Gasteiger partial charge in [-0.1, -0.05) is 54.1 Å². The molecule has 1 aromatic heterocycles. The van der Waals surface area contributed by atoms with E-state index in [2.05, 4.69) is 10.3 Å². The van der Waals surface area contributed by atoms with Gasteiger partial charge in [0.05, 0.1) is 36.2 Å². The number of esters is 1. The molecule has 3 atom stereocenters. The number of nitrogens with one attached hydrogen (secondary N) is 1. The number of anilines is 1. The van der Waals surface area contributed by atoms with Crippen LogP contribution in [0.25, 0.3) is 0 Å². The molecule has 1 N–H and O–H groups in total. The van der Waals surface area contributed by atoms with Crippen LogP contribution in [0.5, 0.6) is 0 Å². The zero-order chi connectivity index (χ0) is 48.7. The largest absolute Gasteiger partial charge is 0.458 e. The smallest absolute Gasteiger partial charge is 0.425 e. The fourth-order valence-electron chi connectivity index (χ4n) is 7.31. The lowest BCUT2D eigenvalue weighted by atomic mass is 9.97. The number of pyridine rings is 1. The molecule has 17 nitrogen and oxygen atoms in total. The normalized spacial score (nSPS) is 17.1. The van der Waals surface area contributed by atoms with Crippen molar-refractivity contribution in [1.29, 1.82) is 0 Å². The van der Waals surface area contributed by atoms with Gasteiger partial charge in [-0.25, -0.2) is 32.6 Å². The summed E-state index contributed by atoms with van der Waals surface area (Å²) in [6.07, 6.45) is -1.89. The first-order chi connectivity index (χ1) is 30.0. The van der Waals surface area contributed by atoms with Crippen molar-refractivity contribution in [2.45, 2.75) is 142 Å². The molecule has 0 unspecified atom stereocenters. The van der Waals surface area contributed by atoms with E-state index in [4.69, 9.17) is 23.7 Å². The van der Waals surface area contributed by atoms with Crippen LogP contribution in [0.3, 0.4) is 0 Å². The first-order valence-electron chi connectivity index (χ1n) is 21.4. The van der Waals surface area contributed by atoms with E-state index < -0.39 is 87.8 Å². The van der Waals surface area contributed by atoms with Crippen molar-refractivity contribution in [2.24, 2.45) is 0 Å². The third kappa shape index (κ3) is 14.6. The number of ether oxygens (including phenoxy) is 5. The lowest BCUT2D eigenvalue weighted by molar-refractivity contribution is -0.159. The fourth-order valence-corrected chi connectivity index (χ4v) is 9.17. The van der Waals surface area contributed by atoms with Gasteiger partial charge in [0.25, 0.3) is 10.0 Å². The Labute approximate surface area is 383 Å². The molecular weight excluding hydrogens is 859 g/mol. The number of likely N-dealkylation sites (tertiary alicyclic amines) is 1. The Hall–Kier alpha value is -5.75. The third-order valence-electron chi connectivity index (χ3n) is 9.77. The minimum Gasteiger partial charge on any atom is -0.458 e. The molecule has 18 heteroatoms. The maximum Gasteiger partial charge on any atom is 0.425 e. The molecule has 2 heterocycles. The molecule has 0 aliphatic carbocycles. The first-order valence-corrected chi connectivity index (χ1v) is 22.8. The number of nitrogens with zero attached hydrogens (tertiary/aromatic N) is 4. The summed E-state index contributed by atoms with van der Waals surface area (Å²) in [5.41, 5.74) is -2.14. The summed E-state index contributed by atoms with van der Waals surface area (Å²) in [6.45, 7) is 19.8. The quantitative estimate of drug-likeness (QED) is 0.124. The number of hydrogen-bond donors (Lipinski definition) is 1. The highest BCUT2D eigenvalue weighted by Gasteiger charge is 2.49. The molecule has 1 fully saturated rings. The number of carbonyl (C=O) groups excluding carboxylic acids is 5. The molecule has 3 aromatic rings. The first kappa shape index (κ1) is 51.9. The van der Waals surface area contributed by atoms with Crippen molar-refractivity contribution in [3.05, 3.63) is 89.1 Å². The summed E-state index contributed by atoms with van der Waals surface area (Å²) in [7, 11) is -4.84. The third-order valence-corrected chi connectivity index (χ3v) is 11.9. The Morgan fingerprint density at radius 1 is 0.831 bits per heavy atom. The zero-order valence-corrected chi connectivity index (χ0v) is 40.7. The van der Waals surface area contributed by atoms with Crippen LogP contribution in [-0.2, 0) is 49.9 Å². The monoisotopic (exact) mass is 923 g/mol. The van der Waals surface area contributed by atoms with Gasteiger partial charge in [-0.3, -0.25) is 14.6 Å². The number of sulfonamides is 1. The van der Waals surface area contributed by atoms with Crippen LogP contribution < -0.4 is 10.2 Å². The van der Waals surface area contributed by atoms with E-state index in [0.29, 0.717) is 15.4 Å². The highest BCUT2D eigenvalue weighted by atomic mass is 32.2. The van der Waals surface area contributed by atoms with Gasteiger partial charge in [-0.15, -0.1) is 0 Å². The topological polar surface area (TPSA) is 200 Å². The van der Waals surface area contributed by atoms with Crippen LogP contribution in [0, 0.1) is 20.8 Å². The Bertz CT molecular complexity index is 2270. The van der Waals surface area contributed by atoms with Crippen LogP contribution in [0.2, 0.25) is 0 Å². The van der Waals surface area contributed by atoms with E-state index >= 15 is 0 Å². The molecule has 0 bridgehead atoms. The van der Waals surface area contributed by atoms with E-state index in [1.807, 2.05) is 30.3 Å². The van der Waals surface area contributed by atoms with Crippen molar-refractivity contribution >= 4 is 46.0 Å². The van der Waals surface area contributed by atoms with E-state index in [0.717, 1.165) is 11.1 Å². The van der Waals surface area contributed by atoms with Crippen LogP contribution in [0.1, 0.15) is 97.9 Å². The molecule has 4 amide bonds. The molecule has 2 aromatic carbocycles. The van der Waals surface area contributed by atoms with E-state index in [9.17, 15) is 32.4 Å². The molecule has 0 spiro atoms. The summed E-state index contributed by atoms with van der Waals surface area (Å²) in [5.74, 6) is -1.62. The Morgan fingerprint density at radius 2 is 1.40 bits per heavy atom. The SMILES string of the molecule is Cc1cc(C)c(S(=O)(=O)N(C(=O)OC(C)(C)C)[C@@H](CNC(=O)CO[C@H]2CN(C(=O)OCc3ccccc3)[C@](C)(CN(C(=O)OC(C)(C)C)c3ccccn3)C2)C(=O)OC(C)(C)C)c(C)c1. The van der Waals surface area contributed by atoms with Gasteiger partial charge >= 0.3 is 24.2 Å². The standard InChI is InChI=1S/C47H65N5O12S/c1-31-23-32(2)39(33(3)24-31)65(58,59)52(43(57)64-46(10,11)12)36(40(54)62-44(4,5)6)26-49-38(53)29-60-35-25-47(13,51(27-35)42(56)61-28-34-19-15-14-16-20-34)30-50(37-21-17-18-22-48-37)41(55)63-45(7,8)9/h14-24,35-36H,25-30H2,1-13H3,(H,49,53)/t35-,36+,47+/m1/s1. The number of aryl methyl sites for hydroxylation is 3. The Balaban J connectivity index is 1.63. The molecule has 65 heavy (non-hydrogen) atoms. The van der Waals surface area contributed by atoms with Crippen LogP contribution in [0.15, 0.2) is 71.8 Å². The summed E-state index contributed by atoms with van der Waals surface area (Å²) in [6, 6.07) is 15.5. The maximum absolute atomic E-state index is 14.6. The van der Waals surface area contributed by atoms with Gasteiger partial charge in [0.1, 0.15) is 35.8 Å². The maximum atomic E-state index is 14.6. The number of amides is 4. The second-order valence-electron chi connectivity index (χ2n) is 19.4. The van der Waals surface area contributed by atoms with Crippen molar-refractivity contribution in [3.8, 4) is 0 Å². The average molecular weight is 924 g/mol. The lowest BCUT2D eigenvalue weighted by Crippen LogP contribution is -2.56. The Kier molecular flexibility index (Phi) is 16.4. The van der Waals surface area contributed by atoms with Crippen molar-refractivity contribution < 1.29 is 56.1 Å². The highest BCUT2D eigenvalue weighted by molar-refractivity contribution is 7.89. The van der Waals surface area contributed by atoms with E-state index in [-0.39, 0.29) is 36.8 Å². The minimum atomic E-state index is -4.84. The van der Waals surface area contributed by atoms with Gasteiger partial charge in [-0.2, -0.15) is 4.31 Å². The van der Waals surface area contributed by atoms with Crippen LogP contribution >= 0.6 is 0 Å². The Morgan fingerprint density at radius 3 is 1.95 bits per heavy atom. The molecular formula is C47H65N5O12S. The second kappa shape index (κ2) is 20.6. The summed E-state index contributed by atoms with van der Waals surface area (Å²) >= 11 is 0. The zero-order valence-electron chi connectivity index (χ0n) is 39.8. The van der Waals surface area contributed by atoms with Gasteiger partial charge in [0, 0.05) is 12.6 Å². The molecule has 1 aliphatic rings.